The molecule has 3 aliphatic rings. The van der Waals surface area contributed by atoms with Gasteiger partial charge in [0.1, 0.15) is 0 Å². The van der Waals surface area contributed by atoms with Crippen LogP contribution >= 0.6 is 0 Å². The lowest BCUT2D eigenvalue weighted by atomic mass is 9.81. The molecule has 1 aliphatic carbocycles. The monoisotopic (exact) mass is 288 g/mol. The summed E-state index contributed by atoms with van der Waals surface area (Å²) >= 11 is 0. The van der Waals surface area contributed by atoms with Crippen LogP contribution in [0.3, 0.4) is 0 Å². The number of fused-ring (bicyclic) bond motifs is 3. The van der Waals surface area contributed by atoms with E-state index in [0.717, 1.165) is 12.1 Å². The van der Waals surface area contributed by atoms with Crippen LogP contribution in [0.4, 0.5) is 0 Å². The maximum atomic E-state index is 4.48. The second kappa shape index (κ2) is 5.40. The molecule has 3 heterocycles. The number of hydrogen-bond donors (Lipinski definition) is 1. The highest BCUT2D eigenvalue weighted by molar-refractivity contribution is 5.25. The zero-order valence-corrected chi connectivity index (χ0v) is 13.4. The van der Waals surface area contributed by atoms with Crippen LogP contribution in [-0.2, 0) is 13.5 Å². The number of piperidine rings is 2. The van der Waals surface area contributed by atoms with E-state index in [1.165, 1.54) is 62.6 Å². The molecule has 0 spiro atoms. The fraction of sp³-hybridized carbons (Fsp3) is 0.824. The summed E-state index contributed by atoms with van der Waals surface area (Å²) in [4.78, 5) is 2.65. The highest BCUT2D eigenvalue weighted by Crippen LogP contribution is 2.35. The molecule has 21 heavy (non-hydrogen) atoms. The molecule has 0 saturated carbocycles. The van der Waals surface area contributed by atoms with Crippen molar-refractivity contribution in [1.29, 1.82) is 0 Å². The lowest BCUT2D eigenvalue weighted by Gasteiger charge is -2.48. The second-order valence-electron chi connectivity index (χ2n) is 7.35. The SMILES string of the molecule is CN1C2CCCC1CC(NC1CCCc3c1cnn3C)C2. The minimum Gasteiger partial charge on any atom is -0.307 e. The van der Waals surface area contributed by atoms with Gasteiger partial charge in [-0.2, -0.15) is 5.10 Å². The molecule has 3 unspecified atom stereocenters. The van der Waals surface area contributed by atoms with E-state index in [1.807, 2.05) is 0 Å². The molecule has 2 bridgehead atoms. The van der Waals surface area contributed by atoms with E-state index in [-0.39, 0.29) is 0 Å². The molecule has 2 saturated heterocycles. The molecule has 0 aromatic carbocycles. The number of nitrogens with one attached hydrogen (secondary N) is 1. The van der Waals surface area contributed by atoms with Crippen LogP contribution in [0.15, 0.2) is 6.20 Å². The van der Waals surface area contributed by atoms with E-state index in [4.69, 9.17) is 0 Å². The van der Waals surface area contributed by atoms with Crippen LogP contribution < -0.4 is 5.32 Å². The normalized spacial score (nSPS) is 36.5. The Balaban J connectivity index is 1.47. The van der Waals surface area contributed by atoms with Crippen molar-refractivity contribution < 1.29 is 0 Å². The van der Waals surface area contributed by atoms with Gasteiger partial charge in [0.25, 0.3) is 0 Å². The highest BCUT2D eigenvalue weighted by Gasteiger charge is 2.37. The zero-order chi connectivity index (χ0) is 14.4. The predicted octanol–water partition coefficient (Wildman–Crippen LogP) is 2.40. The summed E-state index contributed by atoms with van der Waals surface area (Å²) in [7, 11) is 4.42. The van der Waals surface area contributed by atoms with Gasteiger partial charge < -0.3 is 10.2 Å². The van der Waals surface area contributed by atoms with E-state index in [2.05, 4.69) is 40.3 Å². The molecule has 2 aliphatic heterocycles. The fourth-order valence-corrected chi connectivity index (χ4v) is 4.92. The quantitative estimate of drug-likeness (QED) is 0.907. The smallest absolute Gasteiger partial charge is 0.0540 e. The van der Waals surface area contributed by atoms with Gasteiger partial charge >= 0.3 is 0 Å². The predicted molar refractivity (Wildman–Crippen MR) is 84.2 cm³/mol. The Bertz CT molecular complexity index is 495. The van der Waals surface area contributed by atoms with Crippen LogP contribution in [0.25, 0.3) is 0 Å². The molecule has 4 rings (SSSR count). The topological polar surface area (TPSA) is 33.1 Å². The molecule has 0 radical (unpaired) electrons. The number of nitrogens with zero attached hydrogens (tertiary/aromatic N) is 3. The van der Waals surface area contributed by atoms with Crippen molar-refractivity contribution in [3.8, 4) is 0 Å². The van der Waals surface area contributed by atoms with E-state index < -0.39 is 0 Å². The minimum atomic E-state index is 0.539. The van der Waals surface area contributed by atoms with Crippen molar-refractivity contribution in [3.05, 3.63) is 17.5 Å². The van der Waals surface area contributed by atoms with Crippen molar-refractivity contribution in [3.63, 3.8) is 0 Å². The van der Waals surface area contributed by atoms with Gasteiger partial charge in [-0.3, -0.25) is 4.68 Å². The van der Waals surface area contributed by atoms with Gasteiger partial charge in [0.15, 0.2) is 0 Å². The second-order valence-corrected chi connectivity index (χ2v) is 7.35. The minimum absolute atomic E-state index is 0.539. The summed E-state index contributed by atoms with van der Waals surface area (Å²) in [6.45, 7) is 0. The van der Waals surface area contributed by atoms with E-state index in [0.29, 0.717) is 12.1 Å². The van der Waals surface area contributed by atoms with Gasteiger partial charge in [-0.15, -0.1) is 0 Å². The lowest BCUT2D eigenvalue weighted by molar-refractivity contribution is 0.0451. The molecule has 1 aromatic rings. The molecular weight excluding hydrogens is 260 g/mol. The molecule has 2 fully saturated rings. The van der Waals surface area contributed by atoms with Crippen molar-refractivity contribution in [2.45, 2.75) is 75.5 Å². The first-order chi connectivity index (χ1) is 10.2. The zero-order valence-electron chi connectivity index (χ0n) is 13.4. The number of aromatic nitrogens is 2. The van der Waals surface area contributed by atoms with Crippen molar-refractivity contribution in [2.75, 3.05) is 7.05 Å². The molecular formula is C17H28N4. The first kappa shape index (κ1) is 13.8. The molecule has 0 amide bonds. The van der Waals surface area contributed by atoms with E-state index in [9.17, 15) is 0 Å². The summed E-state index contributed by atoms with van der Waals surface area (Å²) < 4.78 is 2.08. The molecule has 3 atom stereocenters. The van der Waals surface area contributed by atoms with Crippen LogP contribution in [0.5, 0.6) is 0 Å². The van der Waals surface area contributed by atoms with Gasteiger partial charge in [-0.25, -0.2) is 0 Å². The van der Waals surface area contributed by atoms with Crippen molar-refractivity contribution >= 4 is 0 Å². The molecule has 1 aromatic heterocycles. The summed E-state index contributed by atoms with van der Waals surface area (Å²) in [5.74, 6) is 0. The van der Waals surface area contributed by atoms with Crippen molar-refractivity contribution in [1.82, 2.24) is 20.0 Å². The Morgan fingerprint density at radius 2 is 1.86 bits per heavy atom. The van der Waals surface area contributed by atoms with Gasteiger partial charge in [-0.05, 0) is 52.0 Å². The first-order valence-corrected chi connectivity index (χ1v) is 8.71. The highest BCUT2D eigenvalue weighted by atomic mass is 15.3. The Labute approximate surface area is 127 Å². The third kappa shape index (κ3) is 2.42. The average Bonchev–Trinajstić information content (AvgIpc) is 2.83. The largest absolute Gasteiger partial charge is 0.307 e. The Hall–Kier alpha value is -0.870. The fourth-order valence-electron chi connectivity index (χ4n) is 4.92. The van der Waals surface area contributed by atoms with Gasteiger partial charge in [-0.1, -0.05) is 6.42 Å². The Morgan fingerprint density at radius 1 is 1.10 bits per heavy atom. The van der Waals surface area contributed by atoms with Crippen LogP contribution in [-0.4, -0.2) is 39.9 Å². The average molecular weight is 288 g/mol. The summed E-state index contributed by atoms with van der Waals surface area (Å²) in [6, 6.07) is 2.86. The van der Waals surface area contributed by atoms with Gasteiger partial charge in [0.05, 0.1) is 6.20 Å². The maximum absolute atomic E-state index is 4.48. The third-order valence-electron chi connectivity index (χ3n) is 6.15. The summed E-state index contributed by atoms with van der Waals surface area (Å²) in [5.41, 5.74) is 2.92. The maximum Gasteiger partial charge on any atom is 0.0540 e. The first-order valence-electron chi connectivity index (χ1n) is 8.71. The molecule has 4 nitrogen and oxygen atoms in total. The summed E-state index contributed by atoms with van der Waals surface area (Å²) in [5, 5.41) is 8.48. The van der Waals surface area contributed by atoms with Crippen LogP contribution in [0, 0.1) is 0 Å². The van der Waals surface area contributed by atoms with E-state index in [1.54, 1.807) is 0 Å². The van der Waals surface area contributed by atoms with Gasteiger partial charge in [0.2, 0.25) is 0 Å². The van der Waals surface area contributed by atoms with Crippen LogP contribution in [0.2, 0.25) is 0 Å². The lowest BCUT2D eigenvalue weighted by Crippen LogP contribution is -2.55. The third-order valence-corrected chi connectivity index (χ3v) is 6.15. The summed E-state index contributed by atoms with van der Waals surface area (Å²) in [6.07, 6.45) is 12.8. The number of hydrogen-bond acceptors (Lipinski definition) is 3. The standard InChI is InChI=1S/C17H28N4/c1-20-13-5-3-6-14(20)10-12(9-13)19-16-7-4-8-17-15(16)11-18-21(17)2/h11-14,16,19H,3-10H2,1-2H3. The Morgan fingerprint density at radius 3 is 2.62 bits per heavy atom. The molecule has 1 N–H and O–H groups in total. The van der Waals surface area contributed by atoms with Crippen LogP contribution in [0.1, 0.15) is 62.2 Å². The Kier molecular flexibility index (Phi) is 3.54. The molecule has 116 valence electrons. The number of rotatable bonds is 2. The molecule has 4 heteroatoms. The van der Waals surface area contributed by atoms with Crippen molar-refractivity contribution in [2.24, 2.45) is 7.05 Å². The van der Waals surface area contributed by atoms with Gasteiger partial charge in [0, 0.05) is 42.5 Å². The number of aryl methyl sites for hydroxylation is 1. The van der Waals surface area contributed by atoms with E-state index >= 15 is 0 Å².